The molecule has 0 radical (unpaired) electrons. The Morgan fingerprint density at radius 3 is 1.25 bits per heavy atom. The Balaban J connectivity index is 0.910. The number of fused-ring (bicyclic) bond motifs is 12. The van der Waals surface area contributed by atoms with Crippen LogP contribution in [0.5, 0.6) is 0 Å². The van der Waals surface area contributed by atoms with Crippen molar-refractivity contribution in [3.05, 3.63) is 206 Å². The van der Waals surface area contributed by atoms with E-state index in [0.29, 0.717) is 0 Å². The minimum Gasteiger partial charge on any atom is -0.456 e. The first kappa shape index (κ1) is 35.0. The van der Waals surface area contributed by atoms with Crippen molar-refractivity contribution in [3.63, 3.8) is 0 Å². The summed E-state index contributed by atoms with van der Waals surface area (Å²) < 4.78 is 21.2. The molecule has 0 amide bonds. The number of aromatic nitrogens is 2. The molecule has 14 rings (SSSR count). The zero-order valence-electron chi connectivity index (χ0n) is 34.2. The lowest BCUT2D eigenvalue weighted by atomic mass is 9.93. The van der Waals surface area contributed by atoms with Gasteiger partial charge in [-0.3, -0.25) is 0 Å². The van der Waals surface area contributed by atoms with E-state index < -0.39 is 0 Å². The molecule has 9 aromatic carbocycles. The van der Waals surface area contributed by atoms with Crippen LogP contribution in [0.1, 0.15) is 0 Å². The fourth-order valence-corrected chi connectivity index (χ4v) is 9.94. The van der Waals surface area contributed by atoms with Crippen LogP contribution in [-0.2, 0) is 0 Å². The van der Waals surface area contributed by atoms with Crippen LogP contribution < -0.4 is 0 Å². The van der Waals surface area contributed by atoms with E-state index in [4.69, 9.17) is 18.2 Å². The fourth-order valence-electron chi connectivity index (χ4n) is 9.94. The molecule has 0 unspecified atom stereocenters. The van der Waals surface area contributed by atoms with E-state index in [0.717, 1.165) is 116 Å². The molecule has 0 spiro atoms. The third-order valence-corrected chi connectivity index (χ3v) is 13.0. The molecule has 298 valence electrons. The van der Waals surface area contributed by atoms with Gasteiger partial charge in [-0.2, -0.15) is 0 Å². The topological polar surface area (TPSA) is 57.2 Å². The molecule has 0 saturated carbocycles. The van der Waals surface area contributed by atoms with Crippen molar-refractivity contribution in [2.75, 3.05) is 0 Å². The van der Waals surface area contributed by atoms with Gasteiger partial charge in [0.25, 0.3) is 0 Å². The molecule has 0 fully saturated rings. The number of hydrogen-bond acceptors (Lipinski definition) is 4. The van der Waals surface area contributed by atoms with Crippen molar-refractivity contribution in [2.45, 2.75) is 0 Å². The zero-order chi connectivity index (χ0) is 41.9. The van der Waals surface area contributed by atoms with Gasteiger partial charge >= 0.3 is 0 Å². The van der Waals surface area contributed by atoms with Gasteiger partial charge in [0.2, 0.25) is 0 Å². The molecule has 0 bridgehead atoms. The van der Waals surface area contributed by atoms with E-state index in [1.807, 2.05) is 24.3 Å². The Bertz CT molecular complexity index is 4030. The number of furan rings is 3. The second-order valence-electron chi connectivity index (χ2n) is 16.7. The molecule has 5 heterocycles. The summed E-state index contributed by atoms with van der Waals surface area (Å²) in [6.45, 7) is 0. The fraction of sp³-hybridized carbons (Fsp3) is 0. The van der Waals surface area contributed by atoms with Gasteiger partial charge < -0.3 is 17.8 Å². The molecule has 64 heavy (non-hydrogen) atoms. The minimum absolute atomic E-state index is 0.844. The summed E-state index contributed by atoms with van der Waals surface area (Å²) in [6, 6.07) is 72.7. The van der Waals surface area contributed by atoms with Crippen LogP contribution in [0.4, 0.5) is 0 Å². The normalized spacial score (nSPS) is 12.1. The lowest BCUT2D eigenvalue weighted by Gasteiger charge is -2.12. The van der Waals surface area contributed by atoms with Crippen LogP contribution in [0.2, 0.25) is 0 Å². The van der Waals surface area contributed by atoms with E-state index in [1.54, 1.807) is 0 Å². The molecule has 14 aromatic rings. The van der Waals surface area contributed by atoms with E-state index >= 15 is 0 Å². The van der Waals surface area contributed by atoms with E-state index in [9.17, 15) is 0 Å². The summed E-state index contributed by atoms with van der Waals surface area (Å²) in [5.74, 6) is 0. The van der Waals surface area contributed by atoms with Crippen molar-refractivity contribution >= 4 is 87.6 Å². The number of benzene rings is 9. The maximum Gasteiger partial charge on any atom is 0.135 e. The van der Waals surface area contributed by atoms with E-state index in [2.05, 4.69) is 187 Å². The predicted molar refractivity (Wildman–Crippen MR) is 262 cm³/mol. The van der Waals surface area contributed by atoms with Crippen LogP contribution in [0.3, 0.4) is 0 Å². The molecule has 0 aliphatic carbocycles. The number of hydrogen-bond donors (Lipinski definition) is 0. The van der Waals surface area contributed by atoms with Crippen LogP contribution in [-0.4, -0.2) is 9.55 Å². The highest BCUT2D eigenvalue weighted by Gasteiger charge is 2.17. The summed E-state index contributed by atoms with van der Waals surface area (Å²) in [5, 5.41) is 8.99. The van der Waals surface area contributed by atoms with Gasteiger partial charge in [-0.1, -0.05) is 91.0 Å². The minimum atomic E-state index is 0.844. The average molecular weight is 819 g/mol. The molecular formula is C59H34N2O3. The summed E-state index contributed by atoms with van der Waals surface area (Å²) in [7, 11) is 0. The highest BCUT2D eigenvalue weighted by Crippen LogP contribution is 2.40. The highest BCUT2D eigenvalue weighted by molar-refractivity contribution is 6.12. The van der Waals surface area contributed by atoms with Crippen molar-refractivity contribution < 1.29 is 13.3 Å². The Morgan fingerprint density at radius 2 is 0.672 bits per heavy atom. The Kier molecular flexibility index (Phi) is 7.33. The molecule has 5 aromatic heterocycles. The van der Waals surface area contributed by atoms with Crippen molar-refractivity contribution in [2.24, 2.45) is 0 Å². The summed E-state index contributed by atoms with van der Waals surface area (Å²) >= 11 is 0. The van der Waals surface area contributed by atoms with E-state index in [1.165, 1.54) is 21.8 Å². The largest absolute Gasteiger partial charge is 0.456 e. The summed E-state index contributed by atoms with van der Waals surface area (Å²) in [6.07, 6.45) is 0. The lowest BCUT2D eigenvalue weighted by Crippen LogP contribution is -1.93. The smallest absolute Gasteiger partial charge is 0.135 e. The molecule has 0 atom stereocenters. The van der Waals surface area contributed by atoms with Crippen molar-refractivity contribution in [1.29, 1.82) is 0 Å². The van der Waals surface area contributed by atoms with Gasteiger partial charge in [-0.25, -0.2) is 4.98 Å². The van der Waals surface area contributed by atoms with Crippen LogP contribution in [0, 0.1) is 0 Å². The number of nitrogens with zero attached hydrogens (tertiary/aromatic N) is 2. The van der Waals surface area contributed by atoms with Crippen molar-refractivity contribution in [1.82, 2.24) is 9.55 Å². The SMILES string of the molecule is c1cc(-c2cc(-c3ccc4oc5ccccc5c4c3)cc(-c3ccc4oc5ccccc5c4c3)c2)nc(-c2ccc3oc4ccc(-n5c6ccccc6c6ccccc65)cc4c3c2)c1. The number of rotatable bonds is 5. The van der Waals surface area contributed by atoms with Gasteiger partial charge in [0, 0.05) is 59.9 Å². The maximum absolute atomic E-state index is 6.44. The molecule has 5 heteroatoms. The van der Waals surface area contributed by atoms with Gasteiger partial charge in [0.1, 0.15) is 33.5 Å². The second kappa shape index (κ2) is 13.4. The van der Waals surface area contributed by atoms with Gasteiger partial charge in [-0.05, 0) is 138 Å². The van der Waals surface area contributed by atoms with Gasteiger partial charge in [0.05, 0.1) is 22.4 Å². The third-order valence-electron chi connectivity index (χ3n) is 13.0. The zero-order valence-corrected chi connectivity index (χ0v) is 34.2. The second-order valence-corrected chi connectivity index (χ2v) is 16.7. The lowest BCUT2D eigenvalue weighted by molar-refractivity contribution is 0.668. The first-order valence-electron chi connectivity index (χ1n) is 21.6. The van der Waals surface area contributed by atoms with Crippen LogP contribution in [0.25, 0.3) is 138 Å². The van der Waals surface area contributed by atoms with Crippen molar-refractivity contribution in [3.8, 4) is 50.5 Å². The third kappa shape index (κ3) is 5.34. The maximum atomic E-state index is 6.44. The number of pyridine rings is 1. The average Bonchev–Trinajstić information content (AvgIpc) is 4.12. The number of para-hydroxylation sites is 4. The molecular weight excluding hydrogens is 785 g/mol. The Labute approximate surface area is 365 Å². The summed E-state index contributed by atoms with van der Waals surface area (Å²) in [5.41, 5.74) is 16.9. The highest BCUT2D eigenvalue weighted by atomic mass is 16.3. The first-order valence-corrected chi connectivity index (χ1v) is 21.6. The van der Waals surface area contributed by atoms with Crippen LogP contribution >= 0.6 is 0 Å². The summed E-state index contributed by atoms with van der Waals surface area (Å²) in [4.78, 5) is 5.38. The molecule has 0 aliphatic heterocycles. The standard InChI is InChI=1S/C59H34N2O3/c1-5-16-52-42(10-1)43-11-2-6-17-53(43)61(52)41-23-27-59-49(34-41)48-33-37(22-26-58(48)64-59)50-14-9-15-51(60-50)40-29-38(35-20-24-56-46(31-35)44-12-3-7-18-54(44)62-56)28-39(30-40)36-21-25-57-47(32-36)45-13-4-8-19-55(45)63-57/h1-34H. The Hall–Kier alpha value is -8.67. The quantitative estimate of drug-likeness (QED) is 0.174. The van der Waals surface area contributed by atoms with Gasteiger partial charge in [0.15, 0.2) is 0 Å². The monoisotopic (exact) mass is 818 g/mol. The van der Waals surface area contributed by atoms with Crippen LogP contribution in [0.15, 0.2) is 220 Å². The first-order chi connectivity index (χ1) is 31.7. The predicted octanol–water partition coefficient (Wildman–Crippen LogP) is 16.5. The molecule has 0 aliphatic rings. The molecule has 5 nitrogen and oxygen atoms in total. The van der Waals surface area contributed by atoms with Gasteiger partial charge in [-0.15, -0.1) is 0 Å². The van der Waals surface area contributed by atoms with E-state index in [-0.39, 0.29) is 0 Å². The Morgan fingerprint density at radius 1 is 0.266 bits per heavy atom. The molecule has 0 N–H and O–H groups in total. The molecule has 0 saturated heterocycles.